The molecule has 2 aliphatic rings. The van der Waals surface area contributed by atoms with Crippen molar-refractivity contribution < 1.29 is 4.42 Å². The molecule has 2 saturated carbocycles. The van der Waals surface area contributed by atoms with Crippen LogP contribution in [0, 0.1) is 11.8 Å². The minimum Gasteiger partial charge on any atom is -0.441 e. The van der Waals surface area contributed by atoms with Crippen LogP contribution in [0.3, 0.4) is 0 Å². The molecule has 3 nitrogen and oxygen atoms in total. The highest BCUT2D eigenvalue weighted by Crippen LogP contribution is 2.52. The third kappa shape index (κ3) is 1.61. The first kappa shape index (κ1) is 10.4. The Morgan fingerprint density at radius 2 is 2.33 bits per heavy atom. The summed E-state index contributed by atoms with van der Waals surface area (Å²) in [4.78, 5) is 4.49. The number of oxazole rings is 1. The molecule has 3 heteroatoms. The Balaban J connectivity index is 1.60. The van der Waals surface area contributed by atoms with Gasteiger partial charge in [-0.2, -0.15) is 0 Å². The largest absolute Gasteiger partial charge is 0.441 e. The molecule has 1 aromatic heterocycles. The van der Waals surface area contributed by atoms with Gasteiger partial charge in [0.25, 0.3) is 0 Å². The van der Waals surface area contributed by atoms with Gasteiger partial charge < -0.3 is 9.73 Å². The number of aromatic nitrogens is 1. The summed E-state index contributed by atoms with van der Waals surface area (Å²) in [5.41, 5.74) is 3.06. The lowest BCUT2D eigenvalue weighted by molar-refractivity contribution is 0.538. The molecule has 1 heterocycles. The third-order valence-electron chi connectivity index (χ3n) is 4.43. The third-order valence-corrected chi connectivity index (χ3v) is 4.43. The molecular weight excluding hydrogens is 224 g/mol. The number of aryl methyl sites for hydroxylation is 1. The fourth-order valence-electron chi connectivity index (χ4n) is 3.31. The van der Waals surface area contributed by atoms with Crippen LogP contribution in [0.25, 0.3) is 11.1 Å². The standard InChI is InChI=1S/C15H18N2O/c1-2-15-17-13-8-10(4-6-14(13)18-15)16-12-5-3-9-7-11(9)12/h4,6,8-9,11-12,16H,2-3,5,7H2,1H3/t9-,11+,12?/m0/s1. The minimum atomic E-state index is 0.685. The molecule has 0 bridgehead atoms. The van der Waals surface area contributed by atoms with Gasteiger partial charge in [0.2, 0.25) is 0 Å². The highest BCUT2D eigenvalue weighted by molar-refractivity contribution is 5.77. The van der Waals surface area contributed by atoms with Crippen LogP contribution in [-0.4, -0.2) is 11.0 Å². The molecule has 18 heavy (non-hydrogen) atoms. The quantitative estimate of drug-likeness (QED) is 0.893. The van der Waals surface area contributed by atoms with Crippen LogP contribution < -0.4 is 5.32 Å². The second-order valence-corrected chi connectivity index (χ2v) is 5.63. The Bertz CT molecular complexity index is 589. The Kier molecular flexibility index (Phi) is 2.16. The van der Waals surface area contributed by atoms with Crippen molar-refractivity contribution in [1.82, 2.24) is 4.98 Å². The predicted octanol–water partition coefficient (Wildman–Crippen LogP) is 3.60. The van der Waals surface area contributed by atoms with E-state index in [1.807, 2.05) is 6.07 Å². The lowest BCUT2D eigenvalue weighted by Crippen LogP contribution is -2.18. The van der Waals surface area contributed by atoms with Crippen LogP contribution in [0.4, 0.5) is 5.69 Å². The monoisotopic (exact) mass is 242 g/mol. The molecule has 0 amide bonds. The van der Waals surface area contributed by atoms with Crippen molar-refractivity contribution in [1.29, 1.82) is 0 Å². The highest BCUT2D eigenvalue weighted by atomic mass is 16.3. The number of anilines is 1. The van der Waals surface area contributed by atoms with Gasteiger partial charge in [-0.3, -0.25) is 0 Å². The maximum Gasteiger partial charge on any atom is 0.195 e. The van der Waals surface area contributed by atoms with Crippen LogP contribution in [0.1, 0.15) is 32.1 Å². The number of hydrogen-bond donors (Lipinski definition) is 1. The summed E-state index contributed by atoms with van der Waals surface area (Å²) in [6, 6.07) is 6.95. The molecule has 1 unspecified atom stereocenters. The second-order valence-electron chi connectivity index (χ2n) is 5.63. The van der Waals surface area contributed by atoms with Crippen molar-refractivity contribution in [2.75, 3.05) is 5.32 Å². The first-order valence-electron chi connectivity index (χ1n) is 6.99. The molecule has 4 rings (SSSR count). The normalized spacial score (nSPS) is 29.5. The van der Waals surface area contributed by atoms with Gasteiger partial charge in [-0.05, 0) is 49.3 Å². The van der Waals surface area contributed by atoms with Crippen LogP contribution >= 0.6 is 0 Å². The van der Waals surface area contributed by atoms with Crippen molar-refractivity contribution in [3.63, 3.8) is 0 Å². The molecule has 0 aliphatic heterocycles. The Morgan fingerprint density at radius 3 is 3.06 bits per heavy atom. The molecule has 2 aliphatic carbocycles. The van der Waals surface area contributed by atoms with E-state index in [1.54, 1.807) is 0 Å². The fourth-order valence-corrected chi connectivity index (χ4v) is 3.31. The molecule has 0 saturated heterocycles. The predicted molar refractivity (Wildman–Crippen MR) is 71.6 cm³/mol. The fraction of sp³-hybridized carbons (Fsp3) is 0.533. The van der Waals surface area contributed by atoms with E-state index in [4.69, 9.17) is 4.42 Å². The highest BCUT2D eigenvalue weighted by Gasteiger charge is 2.47. The van der Waals surface area contributed by atoms with Gasteiger partial charge in [0.1, 0.15) is 5.52 Å². The van der Waals surface area contributed by atoms with Gasteiger partial charge >= 0.3 is 0 Å². The van der Waals surface area contributed by atoms with Crippen molar-refractivity contribution in [2.24, 2.45) is 11.8 Å². The van der Waals surface area contributed by atoms with Gasteiger partial charge in [-0.1, -0.05) is 6.92 Å². The molecule has 0 radical (unpaired) electrons. The van der Waals surface area contributed by atoms with Gasteiger partial charge in [0, 0.05) is 18.2 Å². The minimum absolute atomic E-state index is 0.685. The molecule has 94 valence electrons. The molecule has 1 aromatic carbocycles. The van der Waals surface area contributed by atoms with E-state index >= 15 is 0 Å². The second kappa shape index (κ2) is 3.74. The SMILES string of the molecule is CCc1nc2cc(NC3CC[C@H]4C[C@@H]34)ccc2o1. The van der Waals surface area contributed by atoms with E-state index in [-0.39, 0.29) is 0 Å². The zero-order chi connectivity index (χ0) is 12.1. The van der Waals surface area contributed by atoms with E-state index in [0.717, 1.165) is 35.2 Å². The average Bonchev–Trinajstić information content (AvgIpc) is 2.89. The Labute approximate surface area is 107 Å². The first-order chi connectivity index (χ1) is 8.83. The van der Waals surface area contributed by atoms with Gasteiger partial charge in [0.05, 0.1) is 0 Å². The van der Waals surface area contributed by atoms with Gasteiger partial charge in [-0.15, -0.1) is 0 Å². The molecule has 2 fully saturated rings. The average molecular weight is 242 g/mol. The lowest BCUT2D eigenvalue weighted by atomic mass is 10.1. The van der Waals surface area contributed by atoms with E-state index in [9.17, 15) is 0 Å². The van der Waals surface area contributed by atoms with Crippen molar-refractivity contribution >= 4 is 16.8 Å². The van der Waals surface area contributed by atoms with Crippen molar-refractivity contribution in [3.8, 4) is 0 Å². The zero-order valence-electron chi connectivity index (χ0n) is 10.6. The molecular formula is C15H18N2O. The first-order valence-corrected chi connectivity index (χ1v) is 6.99. The van der Waals surface area contributed by atoms with E-state index in [2.05, 4.69) is 29.4 Å². The van der Waals surface area contributed by atoms with Crippen LogP contribution in [0.5, 0.6) is 0 Å². The maximum absolute atomic E-state index is 5.63. The Morgan fingerprint density at radius 1 is 1.39 bits per heavy atom. The summed E-state index contributed by atoms with van der Waals surface area (Å²) in [6.07, 6.45) is 5.02. The number of rotatable bonds is 3. The van der Waals surface area contributed by atoms with Crippen molar-refractivity contribution in [3.05, 3.63) is 24.1 Å². The van der Waals surface area contributed by atoms with E-state index in [1.165, 1.54) is 24.9 Å². The van der Waals surface area contributed by atoms with Gasteiger partial charge in [0.15, 0.2) is 11.5 Å². The summed E-state index contributed by atoms with van der Waals surface area (Å²) in [7, 11) is 0. The maximum atomic E-state index is 5.63. The number of benzene rings is 1. The molecule has 2 aromatic rings. The summed E-state index contributed by atoms with van der Waals surface area (Å²) in [5.74, 6) is 2.78. The number of fused-ring (bicyclic) bond motifs is 2. The Hall–Kier alpha value is -1.51. The summed E-state index contributed by atoms with van der Waals surface area (Å²) in [6.45, 7) is 2.07. The smallest absolute Gasteiger partial charge is 0.195 e. The van der Waals surface area contributed by atoms with Crippen LogP contribution in [0.2, 0.25) is 0 Å². The summed E-state index contributed by atoms with van der Waals surface area (Å²) >= 11 is 0. The van der Waals surface area contributed by atoms with Gasteiger partial charge in [-0.25, -0.2) is 4.98 Å². The molecule has 0 spiro atoms. The van der Waals surface area contributed by atoms with Crippen molar-refractivity contribution in [2.45, 2.75) is 38.6 Å². The zero-order valence-corrected chi connectivity index (χ0v) is 10.6. The number of hydrogen-bond acceptors (Lipinski definition) is 3. The molecule has 3 atom stereocenters. The number of nitrogens with one attached hydrogen (secondary N) is 1. The topological polar surface area (TPSA) is 38.1 Å². The lowest BCUT2D eigenvalue weighted by Gasteiger charge is -2.15. The van der Waals surface area contributed by atoms with Crippen LogP contribution in [-0.2, 0) is 6.42 Å². The van der Waals surface area contributed by atoms with Crippen LogP contribution in [0.15, 0.2) is 22.6 Å². The molecule has 1 N–H and O–H groups in total. The van der Waals surface area contributed by atoms with E-state index in [0.29, 0.717) is 6.04 Å². The summed E-state index contributed by atoms with van der Waals surface area (Å²) in [5, 5.41) is 3.67. The van der Waals surface area contributed by atoms with E-state index < -0.39 is 0 Å². The summed E-state index contributed by atoms with van der Waals surface area (Å²) < 4.78 is 5.63. The number of nitrogens with zero attached hydrogens (tertiary/aromatic N) is 1.